The van der Waals surface area contributed by atoms with E-state index in [0.717, 1.165) is 16.8 Å². The third kappa shape index (κ3) is 2.60. The highest BCUT2D eigenvalue weighted by Gasteiger charge is 2.33. The summed E-state index contributed by atoms with van der Waals surface area (Å²) in [6.07, 6.45) is 1.76. The van der Waals surface area contributed by atoms with Crippen molar-refractivity contribution < 1.29 is 9.18 Å². The van der Waals surface area contributed by atoms with Crippen molar-refractivity contribution in [2.24, 2.45) is 0 Å². The van der Waals surface area contributed by atoms with Crippen molar-refractivity contribution in [2.45, 2.75) is 19.3 Å². The van der Waals surface area contributed by atoms with Crippen molar-refractivity contribution in [1.29, 1.82) is 0 Å². The van der Waals surface area contributed by atoms with Crippen LogP contribution in [0.3, 0.4) is 0 Å². The average molecular weight is 442 g/mol. The molecule has 1 atom stereocenters. The minimum absolute atomic E-state index is 0.135. The maximum Gasteiger partial charge on any atom is 0.226 e. The fourth-order valence-corrected chi connectivity index (χ4v) is 3.95. The minimum atomic E-state index is -0.344. The van der Waals surface area contributed by atoms with Crippen molar-refractivity contribution >= 4 is 33.3 Å². The van der Waals surface area contributed by atoms with Crippen LogP contribution in [0.1, 0.15) is 29.2 Å². The number of amides is 1. The van der Waals surface area contributed by atoms with Crippen LogP contribution in [0.15, 0.2) is 41.1 Å². The van der Waals surface area contributed by atoms with E-state index in [0.29, 0.717) is 21.8 Å². The first-order valence-electron chi connectivity index (χ1n) is 8.53. The lowest BCUT2D eigenvalue weighted by molar-refractivity contribution is -0.116. The molecule has 3 aromatic heterocycles. The minimum Gasteiger partial charge on any atom is -0.310 e. The first-order valence-corrected chi connectivity index (χ1v) is 9.32. The van der Waals surface area contributed by atoms with Gasteiger partial charge in [0.2, 0.25) is 5.91 Å². The Kier molecular flexibility index (Phi) is 3.76. The highest BCUT2D eigenvalue weighted by atomic mass is 79.9. The van der Waals surface area contributed by atoms with Gasteiger partial charge in [0.05, 0.1) is 10.2 Å². The first kappa shape index (κ1) is 17.0. The third-order valence-electron chi connectivity index (χ3n) is 4.81. The van der Waals surface area contributed by atoms with Crippen LogP contribution >= 0.6 is 15.9 Å². The monoisotopic (exact) mass is 441 g/mol. The van der Waals surface area contributed by atoms with E-state index in [1.54, 1.807) is 28.9 Å². The Morgan fingerprint density at radius 3 is 2.93 bits per heavy atom. The van der Waals surface area contributed by atoms with Gasteiger partial charge in [-0.15, -0.1) is 15.3 Å². The van der Waals surface area contributed by atoms with Crippen molar-refractivity contribution in [3.63, 3.8) is 0 Å². The van der Waals surface area contributed by atoms with E-state index in [1.165, 1.54) is 16.9 Å². The number of rotatable bonds is 2. The molecule has 0 aliphatic carbocycles. The van der Waals surface area contributed by atoms with Gasteiger partial charge in [-0.3, -0.25) is 4.79 Å². The second-order valence-electron chi connectivity index (χ2n) is 6.56. The lowest BCUT2D eigenvalue weighted by atomic mass is 9.86. The molecule has 1 unspecified atom stereocenters. The van der Waals surface area contributed by atoms with Crippen LogP contribution in [-0.4, -0.2) is 35.5 Å². The molecule has 28 heavy (non-hydrogen) atoms. The molecule has 4 heterocycles. The van der Waals surface area contributed by atoms with Gasteiger partial charge in [-0.1, -0.05) is 6.07 Å². The zero-order valence-corrected chi connectivity index (χ0v) is 16.2. The van der Waals surface area contributed by atoms with Gasteiger partial charge in [0.25, 0.3) is 0 Å². The van der Waals surface area contributed by atoms with Crippen molar-refractivity contribution in [3.05, 3.63) is 63.8 Å². The lowest BCUT2D eigenvalue weighted by Crippen LogP contribution is -2.25. The molecule has 0 saturated carbocycles. The van der Waals surface area contributed by atoms with Crippen LogP contribution < -0.4 is 5.32 Å². The highest BCUT2D eigenvalue weighted by molar-refractivity contribution is 9.10. The molecule has 0 saturated heterocycles. The molecule has 0 spiro atoms. The maximum atomic E-state index is 13.7. The number of anilines is 1. The number of aromatic nitrogens is 6. The Balaban J connectivity index is 1.67. The van der Waals surface area contributed by atoms with Crippen LogP contribution in [0.5, 0.6) is 0 Å². The summed E-state index contributed by atoms with van der Waals surface area (Å²) in [5.41, 5.74) is 3.11. The van der Waals surface area contributed by atoms with E-state index >= 15 is 0 Å². The van der Waals surface area contributed by atoms with E-state index in [2.05, 4.69) is 41.6 Å². The summed E-state index contributed by atoms with van der Waals surface area (Å²) >= 11 is 3.23. The number of carbonyl (C=O) groups is 1. The zero-order chi connectivity index (χ0) is 19.4. The quantitative estimate of drug-likeness (QED) is 0.516. The lowest BCUT2D eigenvalue weighted by Gasteiger charge is -2.24. The molecular weight excluding hydrogens is 429 g/mol. The molecule has 1 aliphatic heterocycles. The number of fused-ring (bicyclic) bond motifs is 2. The molecule has 0 fully saturated rings. The average Bonchev–Trinajstić information content (AvgIpc) is 3.27. The van der Waals surface area contributed by atoms with Gasteiger partial charge in [0, 0.05) is 17.9 Å². The van der Waals surface area contributed by atoms with Gasteiger partial charge < -0.3 is 5.32 Å². The number of nitrogens with zero attached hydrogens (tertiary/aromatic N) is 6. The van der Waals surface area contributed by atoms with Crippen LogP contribution in [0.4, 0.5) is 10.2 Å². The molecular formula is C18H13BrFN7O. The van der Waals surface area contributed by atoms with Crippen molar-refractivity contribution in [1.82, 2.24) is 29.6 Å². The molecule has 1 aliphatic rings. The van der Waals surface area contributed by atoms with E-state index in [9.17, 15) is 9.18 Å². The molecule has 1 N–H and O–H groups in total. The third-order valence-corrected chi connectivity index (χ3v) is 5.42. The molecule has 1 aromatic carbocycles. The number of aryl methyl sites for hydroxylation is 1. The Morgan fingerprint density at radius 2 is 2.11 bits per heavy atom. The SMILES string of the molecule is Cc1nn(-c2ccc3nncn3n2)c2c1C(c1ccc(F)c(Br)c1)CC(=O)N2. The van der Waals surface area contributed by atoms with E-state index in [1.807, 2.05) is 6.92 Å². The Hall–Kier alpha value is -3.14. The number of nitrogens with one attached hydrogen (secondary N) is 1. The topological polar surface area (TPSA) is 90.0 Å². The van der Waals surface area contributed by atoms with E-state index < -0.39 is 0 Å². The van der Waals surface area contributed by atoms with Crippen LogP contribution in [0, 0.1) is 12.7 Å². The number of halogens is 2. The summed E-state index contributed by atoms with van der Waals surface area (Å²) in [5, 5.41) is 19.7. The van der Waals surface area contributed by atoms with E-state index in [4.69, 9.17) is 0 Å². The predicted octanol–water partition coefficient (Wildman–Crippen LogP) is 2.99. The number of hydrogen-bond donors (Lipinski definition) is 1. The molecule has 10 heteroatoms. The highest BCUT2D eigenvalue weighted by Crippen LogP contribution is 2.40. The zero-order valence-electron chi connectivity index (χ0n) is 14.6. The molecule has 0 radical (unpaired) electrons. The number of benzene rings is 1. The van der Waals surface area contributed by atoms with Crippen molar-refractivity contribution in [2.75, 3.05) is 5.32 Å². The van der Waals surface area contributed by atoms with Gasteiger partial charge in [0.1, 0.15) is 18.0 Å². The van der Waals surface area contributed by atoms with Crippen LogP contribution in [0.25, 0.3) is 11.5 Å². The normalized spacial score (nSPS) is 16.2. The largest absolute Gasteiger partial charge is 0.310 e. The standard InChI is InChI=1S/C18H13BrFN7O/c1-9-17-11(10-2-3-13(20)12(19)6-10)7-16(28)22-18(17)27(24-9)15-5-4-14-23-21-8-26(14)25-15/h2-6,8,11H,7H2,1H3,(H,22,28). The second-order valence-corrected chi connectivity index (χ2v) is 7.42. The molecule has 140 valence electrons. The molecule has 5 rings (SSSR count). The molecule has 0 bridgehead atoms. The summed E-state index contributed by atoms with van der Waals surface area (Å²) in [6.45, 7) is 1.88. The van der Waals surface area contributed by atoms with Gasteiger partial charge in [-0.05, 0) is 52.7 Å². The van der Waals surface area contributed by atoms with Crippen LogP contribution in [-0.2, 0) is 4.79 Å². The summed E-state index contributed by atoms with van der Waals surface area (Å²) < 4.78 is 17.2. The Morgan fingerprint density at radius 1 is 1.25 bits per heavy atom. The number of hydrogen-bond acceptors (Lipinski definition) is 5. The smallest absolute Gasteiger partial charge is 0.226 e. The van der Waals surface area contributed by atoms with Crippen LogP contribution in [0.2, 0.25) is 0 Å². The predicted molar refractivity (Wildman–Crippen MR) is 102 cm³/mol. The fraction of sp³-hybridized carbons (Fsp3) is 0.167. The fourth-order valence-electron chi connectivity index (χ4n) is 3.56. The summed E-state index contributed by atoms with van der Waals surface area (Å²) in [5.74, 6) is 0.387. The van der Waals surface area contributed by atoms with Gasteiger partial charge in [-0.2, -0.15) is 14.3 Å². The maximum absolute atomic E-state index is 13.7. The Bertz CT molecular complexity index is 1250. The second kappa shape index (κ2) is 6.20. The van der Waals surface area contributed by atoms with Gasteiger partial charge >= 0.3 is 0 Å². The number of carbonyl (C=O) groups excluding carboxylic acids is 1. The Labute approximate surface area is 166 Å². The molecule has 1 amide bonds. The van der Waals surface area contributed by atoms with Crippen molar-refractivity contribution in [3.8, 4) is 5.82 Å². The molecule has 8 nitrogen and oxygen atoms in total. The van der Waals surface area contributed by atoms with Gasteiger partial charge in [-0.25, -0.2) is 4.39 Å². The molecule has 4 aromatic rings. The van der Waals surface area contributed by atoms with Gasteiger partial charge in [0.15, 0.2) is 11.5 Å². The van der Waals surface area contributed by atoms with E-state index in [-0.39, 0.29) is 24.1 Å². The summed E-state index contributed by atoms with van der Waals surface area (Å²) in [4.78, 5) is 12.4. The first-order chi connectivity index (χ1) is 13.5. The summed E-state index contributed by atoms with van der Waals surface area (Å²) in [6, 6.07) is 8.35. The summed E-state index contributed by atoms with van der Waals surface area (Å²) in [7, 11) is 0.